The van der Waals surface area contributed by atoms with Crippen molar-refractivity contribution in [2.24, 2.45) is 4.99 Å². The molecule has 200 valence electrons. The first-order valence-electron chi connectivity index (χ1n) is 12.5. The van der Waals surface area contributed by atoms with Gasteiger partial charge in [0, 0.05) is 33.2 Å². The Morgan fingerprint density at radius 3 is 2.58 bits per heavy atom. The Labute approximate surface area is 222 Å². The number of allylic oxidation sites excluding steroid dienone is 2. The highest BCUT2D eigenvalue weighted by molar-refractivity contribution is 5.80. The molecule has 1 aromatic carbocycles. The molecule has 0 saturated heterocycles. The zero-order valence-corrected chi connectivity index (χ0v) is 22.6. The van der Waals surface area contributed by atoms with Crippen molar-refractivity contribution in [2.75, 3.05) is 28.3 Å². The van der Waals surface area contributed by atoms with Crippen LogP contribution >= 0.6 is 0 Å². The van der Waals surface area contributed by atoms with Gasteiger partial charge in [0.05, 0.1) is 24.7 Å². The fraction of sp³-hybridized carbons (Fsp3) is 0.379. The second-order valence-corrected chi connectivity index (χ2v) is 9.14. The minimum absolute atomic E-state index is 0.168. The van der Waals surface area contributed by atoms with Crippen molar-refractivity contribution in [3.8, 4) is 0 Å². The summed E-state index contributed by atoms with van der Waals surface area (Å²) in [6.45, 7) is 1.80. The quantitative estimate of drug-likeness (QED) is 0.195. The Morgan fingerprint density at radius 1 is 1.24 bits per heavy atom. The number of ether oxygens (including phenoxy) is 2. The van der Waals surface area contributed by atoms with E-state index in [4.69, 9.17) is 14.5 Å². The van der Waals surface area contributed by atoms with Crippen LogP contribution in [0.1, 0.15) is 42.1 Å². The Bertz CT molecular complexity index is 1350. The van der Waals surface area contributed by atoms with Gasteiger partial charge in [-0.15, -0.1) is 0 Å². The SMILES string of the molecule is CCCCc1nc(N=CN(C)C)n(CC(=O)OC)c(=O)c1Cc1ccc(C2=CC=CC(=C=O)C2OC)cc1. The van der Waals surface area contributed by atoms with E-state index in [2.05, 4.69) is 11.9 Å². The third kappa shape index (κ3) is 6.82. The average molecular weight is 519 g/mol. The van der Waals surface area contributed by atoms with Crippen molar-refractivity contribution in [1.29, 1.82) is 0 Å². The average Bonchev–Trinajstić information content (AvgIpc) is 2.93. The van der Waals surface area contributed by atoms with Crippen LogP contribution in [0.5, 0.6) is 0 Å². The molecule has 0 spiro atoms. The van der Waals surface area contributed by atoms with Gasteiger partial charge in [0.15, 0.2) is 0 Å². The topological polar surface area (TPSA) is 103 Å². The molecule has 9 nitrogen and oxygen atoms in total. The van der Waals surface area contributed by atoms with E-state index in [9.17, 15) is 14.4 Å². The van der Waals surface area contributed by atoms with Crippen LogP contribution in [-0.2, 0) is 38.4 Å². The predicted molar refractivity (Wildman–Crippen MR) is 147 cm³/mol. The van der Waals surface area contributed by atoms with Crippen LogP contribution in [0, 0.1) is 0 Å². The maximum absolute atomic E-state index is 13.7. The number of carbonyl (C=O) groups is 1. The van der Waals surface area contributed by atoms with E-state index in [0.717, 1.165) is 29.5 Å². The number of benzene rings is 1. The zero-order valence-electron chi connectivity index (χ0n) is 22.6. The van der Waals surface area contributed by atoms with Crippen molar-refractivity contribution in [2.45, 2.75) is 45.3 Å². The number of aromatic nitrogens is 2. The number of esters is 1. The first-order chi connectivity index (χ1) is 18.3. The standard InChI is InChI=1S/C29H34N4O5/c1-6-7-11-25-24(28(36)33(17-26(35)37-4)29(31-25)30-19-32(2)3)16-20-12-14-21(15-13-20)23-10-8-9-22(18-34)27(23)38-5/h8-10,12-15,19,27H,6-7,11,16-17H2,1-5H3. The molecule has 0 amide bonds. The normalized spacial score (nSPS) is 14.9. The number of aryl methyl sites for hydroxylation is 1. The smallest absolute Gasteiger partial charge is 0.325 e. The fourth-order valence-electron chi connectivity index (χ4n) is 4.16. The minimum Gasteiger partial charge on any atom is -0.468 e. The van der Waals surface area contributed by atoms with Gasteiger partial charge in [-0.3, -0.25) is 14.2 Å². The molecule has 3 rings (SSSR count). The number of hydrogen-bond donors (Lipinski definition) is 0. The van der Waals surface area contributed by atoms with Crippen molar-refractivity contribution < 1.29 is 19.1 Å². The number of rotatable bonds is 11. The van der Waals surface area contributed by atoms with Gasteiger partial charge in [0.2, 0.25) is 5.95 Å². The van der Waals surface area contributed by atoms with Gasteiger partial charge in [-0.25, -0.2) is 14.8 Å². The van der Waals surface area contributed by atoms with Crippen LogP contribution in [0.3, 0.4) is 0 Å². The zero-order chi connectivity index (χ0) is 27.7. The largest absolute Gasteiger partial charge is 0.468 e. The molecule has 0 aliphatic heterocycles. The van der Waals surface area contributed by atoms with Crippen molar-refractivity contribution in [3.05, 3.63) is 80.8 Å². The number of hydrogen-bond acceptors (Lipinski definition) is 7. The van der Waals surface area contributed by atoms with Gasteiger partial charge < -0.3 is 14.4 Å². The van der Waals surface area contributed by atoms with E-state index < -0.39 is 12.1 Å². The molecule has 1 atom stereocenters. The lowest BCUT2D eigenvalue weighted by molar-refractivity contribution is -0.141. The number of nitrogens with zero attached hydrogens (tertiary/aromatic N) is 4. The van der Waals surface area contributed by atoms with Gasteiger partial charge in [0.25, 0.3) is 5.56 Å². The number of carbonyl (C=O) groups excluding carboxylic acids is 2. The first-order valence-corrected chi connectivity index (χ1v) is 12.5. The van der Waals surface area contributed by atoms with Gasteiger partial charge >= 0.3 is 5.97 Å². The van der Waals surface area contributed by atoms with Gasteiger partial charge in [-0.2, -0.15) is 0 Å². The summed E-state index contributed by atoms with van der Waals surface area (Å²) < 4.78 is 11.6. The second kappa shape index (κ2) is 13.5. The molecule has 1 aromatic heterocycles. The van der Waals surface area contributed by atoms with Crippen LogP contribution in [0.2, 0.25) is 0 Å². The molecule has 0 bridgehead atoms. The molecule has 1 heterocycles. The Morgan fingerprint density at radius 2 is 1.97 bits per heavy atom. The Kier molecular flexibility index (Phi) is 10.1. The van der Waals surface area contributed by atoms with Crippen molar-refractivity contribution in [1.82, 2.24) is 14.5 Å². The lowest BCUT2D eigenvalue weighted by atomic mass is 9.90. The number of unbranched alkanes of at least 4 members (excludes halogenated alkanes) is 1. The van der Waals surface area contributed by atoms with Gasteiger partial charge in [0.1, 0.15) is 18.6 Å². The van der Waals surface area contributed by atoms with Crippen LogP contribution in [0.25, 0.3) is 5.57 Å². The summed E-state index contributed by atoms with van der Waals surface area (Å²) in [6, 6.07) is 7.77. The Hall–Kier alpha value is -4.07. The van der Waals surface area contributed by atoms with Crippen molar-refractivity contribution >= 4 is 29.8 Å². The summed E-state index contributed by atoms with van der Waals surface area (Å²) in [5.41, 5.74) is 3.99. The molecule has 1 aliphatic carbocycles. The molecule has 38 heavy (non-hydrogen) atoms. The molecule has 0 fully saturated rings. The highest BCUT2D eigenvalue weighted by atomic mass is 16.5. The van der Waals surface area contributed by atoms with E-state index in [1.807, 2.05) is 50.4 Å². The summed E-state index contributed by atoms with van der Waals surface area (Å²) in [5.74, 6) is 1.56. The lowest BCUT2D eigenvalue weighted by Gasteiger charge is -2.21. The summed E-state index contributed by atoms with van der Waals surface area (Å²) in [7, 11) is 6.46. The molecule has 0 radical (unpaired) electrons. The molecule has 1 unspecified atom stereocenters. The fourth-order valence-corrected chi connectivity index (χ4v) is 4.16. The molecule has 0 N–H and O–H groups in total. The highest BCUT2D eigenvalue weighted by Gasteiger charge is 2.22. The molecular formula is C29H34N4O5. The minimum atomic E-state index is -0.557. The maximum atomic E-state index is 13.7. The third-order valence-electron chi connectivity index (χ3n) is 6.15. The van der Waals surface area contributed by atoms with Gasteiger partial charge in [-0.1, -0.05) is 49.8 Å². The van der Waals surface area contributed by atoms with E-state index in [-0.39, 0.29) is 18.1 Å². The van der Waals surface area contributed by atoms with Crippen molar-refractivity contribution in [3.63, 3.8) is 0 Å². The number of methoxy groups -OCH3 is 2. The summed E-state index contributed by atoms with van der Waals surface area (Å²) in [6.07, 6.45) is 9.23. The van der Waals surface area contributed by atoms with Gasteiger partial charge in [-0.05, 0) is 35.6 Å². The summed E-state index contributed by atoms with van der Waals surface area (Å²) in [4.78, 5) is 47.9. The Balaban J connectivity index is 2.03. The lowest BCUT2D eigenvalue weighted by Crippen LogP contribution is -2.30. The predicted octanol–water partition coefficient (Wildman–Crippen LogP) is 3.30. The molecular weight excluding hydrogens is 484 g/mol. The van der Waals surface area contributed by atoms with Crippen LogP contribution in [0.15, 0.2) is 57.9 Å². The van der Waals surface area contributed by atoms with Crippen LogP contribution in [-0.4, -0.2) is 67.1 Å². The summed E-state index contributed by atoms with van der Waals surface area (Å²) in [5, 5.41) is 0. The molecule has 9 heteroatoms. The summed E-state index contributed by atoms with van der Waals surface area (Å²) >= 11 is 0. The first kappa shape index (κ1) is 28.5. The van der Waals surface area contributed by atoms with Crippen LogP contribution < -0.4 is 5.56 Å². The van der Waals surface area contributed by atoms with E-state index in [1.165, 1.54) is 11.7 Å². The molecule has 1 aliphatic rings. The van der Waals surface area contributed by atoms with Crippen LogP contribution in [0.4, 0.5) is 5.95 Å². The van der Waals surface area contributed by atoms with E-state index in [1.54, 1.807) is 30.5 Å². The second-order valence-electron chi connectivity index (χ2n) is 9.14. The highest BCUT2D eigenvalue weighted by Crippen LogP contribution is 2.29. The maximum Gasteiger partial charge on any atom is 0.325 e. The van der Waals surface area contributed by atoms with E-state index in [0.29, 0.717) is 29.7 Å². The monoisotopic (exact) mass is 518 g/mol. The van der Waals surface area contributed by atoms with E-state index >= 15 is 0 Å². The molecule has 0 saturated carbocycles. The third-order valence-corrected chi connectivity index (χ3v) is 6.15. The molecule has 2 aromatic rings. The number of aliphatic imine (C=N–C) groups is 1.